The van der Waals surface area contributed by atoms with Crippen molar-refractivity contribution in [1.29, 1.82) is 0 Å². The highest BCUT2D eigenvalue weighted by Crippen LogP contribution is 2.24. The molecule has 1 atom stereocenters. The van der Waals surface area contributed by atoms with Crippen molar-refractivity contribution in [1.82, 2.24) is 24.3 Å². The van der Waals surface area contributed by atoms with E-state index in [1.165, 1.54) is 12.3 Å². The van der Waals surface area contributed by atoms with E-state index >= 15 is 0 Å². The maximum absolute atomic E-state index is 14.6. The maximum atomic E-state index is 14.6. The van der Waals surface area contributed by atoms with E-state index in [0.29, 0.717) is 32.0 Å². The average molecular weight is 528 g/mol. The Morgan fingerprint density at radius 3 is 2.61 bits per heavy atom. The molecule has 4 heterocycles. The van der Waals surface area contributed by atoms with E-state index in [9.17, 15) is 14.0 Å². The molecule has 1 aliphatic rings. The summed E-state index contributed by atoms with van der Waals surface area (Å²) in [6.07, 6.45) is 5.03. The number of aryl methyl sites for hydroxylation is 1. The lowest BCUT2D eigenvalue weighted by atomic mass is 10.2. The van der Waals surface area contributed by atoms with Crippen LogP contribution < -0.4 is 15.0 Å². The van der Waals surface area contributed by atoms with E-state index in [1.54, 1.807) is 28.6 Å². The number of carbonyl (C=O) groups is 2. The molecule has 3 aromatic rings. The van der Waals surface area contributed by atoms with Crippen LogP contribution in [0, 0.1) is 5.82 Å². The normalized spacial score (nSPS) is 16.0. The predicted octanol–water partition coefficient (Wildman–Crippen LogP) is 3.92. The molecule has 3 aromatic heterocycles. The molecule has 1 fully saturated rings. The number of anilines is 2. The van der Waals surface area contributed by atoms with Gasteiger partial charge in [-0.2, -0.15) is 4.98 Å². The number of piperazine rings is 1. The fraction of sp³-hybridized carbons (Fsp3) is 0.500. The number of rotatable bonds is 6. The second kappa shape index (κ2) is 10.8. The van der Waals surface area contributed by atoms with Crippen molar-refractivity contribution in [3.05, 3.63) is 41.7 Å². The van der Waals surface area contributed by atoms with Gasteiger partial charge in [-0.05, 0) is 41.0 Å². The minimum atomic E-state index is -0.575. The highest BCUT2D eigenvalue weighted by atomic mass is 19.1. The summed E-state index contributed by atoms with van der Waals surface area (Å²) < 4.78 is 27.3. The average Bonchev–Trinajstić information content (AvgIpc) is 3.27. The molecule has 0 radical (unpaired) electrons. The molecule has 4 rings (SSSR count). The van der Waals surface area contributed by atoms with Crippen LogP contribution in [0.25, 0.3) is 5.65 Å². The van der Waals surface area contributed by atoms with Crippen LogP contribution >= 0.6 is 0 Å². The number of nitrogens with one attached hydrogen (secondary N) is 1. The summed E-state index contributed by atoms with van der Waals surface area (Å²) in [5, 5.41) is 2.70. The highest BCUT2D eigenvalue weighted by molar-refractivity contribution is 6.05. The molecule has 0 aromatic carbocycles. The lowest BCUT2D eigenvalue weighted by molar-refractivity contribution is 0.0158. The first-order valence-electron chi connectivity index (χ1n) is 12.7. The molecular weight excluding hydrogens is 493 g/mol. The Bertz CT molecular complexity index is 1340. The Hall–Kier alpha value is -3.96. The van der Waals surface area contributed by atoms with Crippen molar-refractivity contribution in [2.45, 2.75) is 59.6 Å². The van der Waals surface area contributed by atoms with E-state index in [2.05, 4.69) is 20.3 Å². The molecule has 0 saturated carbocycles. The number of amides is 2. The maximum Gasteiger partial charge on any atom is 0.410 e. The molecule has 2 amide bonds. The molecule has 0 aliphatic carbocycles. The van der Waals surface area contributed by atoms with Gasteiger partial charge in [0.05, 0.1) is 18.0 Å². The van der Waals surface area contributed by atoms with Crippen LogP contribution in [-0.4, -0.2) is 74.1 Å². The van der Waals surface area contributed by atoms with Crippen molar-refractivity contribution in [3.63, 3.8) is 0 Å². The third-order valence-electron chi connectivity index (χ3n) is 5.98. The number of hydrogen-bond donors (Lipinski definition) is 1. The highest BCUT2D eigenvalue weighted by Gasteiger charge is 2.32. The summed E-state index contributed by atoms with van der Waals surface area (Å²) in [5.74, 6) is -0.565. The largest absolute Gasteiger partial charge is 0.477 e. The van der Waals surface area contributed by atoms with Gasteiger partial charge in [0.25, 0.3) is 5.91 Å². The van der Waals surface area contributed by atoms with Crippen LogP contribution in [0.5, 0.6) is 5.88 Å². The molecule has 1 N–H and O–H groups in total. The lowest BCUT2D eigenvalue weighted by Gasteiger charge is -2.40. The third kappa shape index (κ3) is 5.95. The van der Waals surface area contributed by atoms with Crippen LogP contribution in [0.15, 0.2) is 24.7 Å². The molecular formula is C26H34FN7O4. The molecule has 12 heteroatoms. The molecule has 204 valence electrons. The van der Waals surface area contributed by atoms with Crippen molar-refractivity contribution in [2.24, 2.45) is 0 Å². The topological polar surface area (TPSA) is 114 Å². The van der Waals surface area contributed by atoms with Crippen LogP contribution in [0.1, 0.15) is 57.6 Å². The minimum absolute atomic E-state index is 0.120. The first kappa shape index (κ1) is 27.1. The van der Waals surface area contributed by atoms with E-state index in [-0.39, 0.29) is 41.5 Å². The monoisotopic (exact) mass is 527 g/mol. The number of imidazole rings is 1. The zero-order valence-corrected chi connectivity index (χ0v) is 22.6. The third-order valence-corrected chi connectivity index (χ3v) is 5.98. The Balaban J connectivity index is 1.50. The summed E-state index contributed by atoms with van der Waals surface area (Å²) in [6, 6.07) is 1.09. The zero-order valence-electron chi connectivity index (χ0n) is 22.6. The van der Waals surface area contributed by atoms with E-state index in [0.717, 1.165) is 5.69 Å². The number of nitrogens with zero attached hydrogens (tertiary/aromatic N) is 6. The lowest BCUT2D eigenvalue weighted by Crippen LogP contribution is -2.55. The summed E-state index contributed by atoms with van der Waals surface area (Å²) in [6.45, 7) is 12.9. The van der Waals surface area contributed by atoms with Crippen LogP contribution in [-0.2, 0) is 11.2 Å². The van der Waals surface area contributed by atoms with Gasteiger partial charge in [0.2, 0.25) is 11.8 Å². The summed E-state index contributed by atoms with van der Waals surface area (Å²) >= 11 is 0. The predicted molar refractivity (Wildman–Crippen MR) is 140 cm³/mol. The number of hydrogen-bond acceptors (Lipinski definition) is 8. The second-order valence-electron chi connectivity index (χ2n) is 10.1. The number of ether oxygens (including phenoxy) is 2. The number of carbonyl (C=O) groups excluding carboxylic acids is 2. The molecule has 1 saturated heterocycles. The summed E-state index contributed by atoms with van der Waals surface area (Å²) in [4.78, 5) is 42.4. The molecule has 0 unspecified atom stereocenters. The quantitative estimate of drug-likeness (QED) is 0.513. The fourth-order valence-electron chi connectivity index (χ4n) is 4.19. The Morgan fingerprint density at radius 2 is 1.95 bits per heavy atom. The van der Waals surface area contributed by atoms with Gasteiger partial charge in [-0.3, -0.25) is 4.79 Å². The minimum Gasteiger partial charge on any atom is -0.477 e. The fourth-order valence-corrected chi connectivity index (χ4v) is 4.19. The summed E-state index contributed by atoms with van der Waals surface area (Å²) in [7, 11) is 0. The SMILES string of the molecule is CCOc1nc(N2CCN(C(=O)OC(C)(C)C)[C@H](C)C2)ncc1C(=O)Nc1cc(F)c2nc(CC)cn2c1. The van der Waals surface area contributed by atoms with Gasteiger partial charge in [0, 0.05) is 50.3 Å². The Kier molecular flexibility index (Phi) is 7.70. The first-order chi connectivity index (χ1) is 18.0. The van der Waals surface area contributed by atoms with Gasteiger partial charge < -0.3 is 29.0 Å². The van der Waals surface area contributed by atoms with E-state index < -0.39 is 17.3 Å². The van der Waals surface area contributed by atoms with Crippen LogP contribution in [0.2, 0.25) is 0 Å². The second-order valence-corrected chi connectivity index (χ2v) is 10.1. The van der Waals surface area contributed by atoms with Gasteiger partial charge in [-0.25, -0.2) is 19.2 Å². The van der Waals surface area contributed by atoms with Crippen LogP contribution in [0.3, 0.4) is 0 Å². The molecule has 1 aliphatic heterocycles. The van der Waals surface area contributed by atoms with Crippen molar-refractivity contribution >= 4 is 29.3 Å². The van der Waals surface area contributed by atoms with Crippen molar-refractivity contribution in [3.8, 4) is 5.88 Å². The number of halogens is 1. The first-order valence-corrected chi connectivity index (χ1v) is 12.7. The standard InChI is InChI=1S/C26H34FN7O4/c1-7-17-14-33-15-18(11-20(27)21(33)29-17)30-22(35)19-12-28-24(31-23(19)37-8-2)32-9-10-34(16(3)13-32)25(36)38-26(4,5)6/h11-12,14-16H,7-10,13H2,1-6H3,(H,30,35)/t16-/m1/s1. The van der Waals surface area contributed by atoms with Gasteiger partial charge in [-0.1, -0.05) is 6.92 Å². The zero-order chi connectivity index (χ0) is 27.6. The molecule has 11 nitrogen and oxygen atoms in total. The number of pyridine rings is 1. The Morgan fingerprint density at radius 1 is 1.18 bits per heavy atom. The molecule has 0 spiro atoms. The van der Waals surface area contributed by atoms with E-state index in [1.807, 2.05) is 39.5 Å². The number of fused-ring (bicyclic) bond motifs is 1. The van der Waals surface area contributed by atoms with Gasteiger partial charge in [0.1, 0.15) is 11.2 Å². The van der Waals surface area contributed by atoms with Crippen molar-refractivity contribution in [2.75, 3.05) is 36.5 Å². The van der Waals surface area contributed by atoms with E-state index in [4.69, 9.17) is 9.47 Å². The Labute approximate surface area is 221 Å². The molecule has 38 heavy (non-hydrogen) atoms. The molecule has 0 bridgehead atoms. The number of aromatic nitrogens is 4. The van der Waals surface area contributed by atoms with Gasteiger partial charge >= 0.3 is 6.09 Å². The van der Waals surface area contributed by atoms with Crippen molar-refractivity contribution < 1.29 is 23.5 Å². The van der Waals surface area contributed by atoms with Gasteiger partial charge in [-0.15, -0.1) is 0 Å². The van der Waals surface area contributed by atoms with Crippen LogP contribution in [0.4, 0.5) is 20.8 Å². The van der Waals surface area contributed by atoms with Gasteiger partial charge in [0.15, 0.2) is 11.5 Å². The smallest absolute Gasteiger partial charge is 0.410 e. The summed E-state index contributed by atoms with van der Waals surface area (Å²) in [5.41, 5.74) is 0.754.